The highest BCUT2D eigenvalue weighted by Gasteiger charge is 2.25. The molecule has 7 nitrogen and oxygen atoms in total. The number of thiophene rings is 1. The molecule has 0 aromatic carbocycles. The van der Waals surface area contributed by atoms with Crippen LogP contribution in [-0.2, 0) is 9.53 Å². The summed E-state index contributed by atoms with van der Waals surface area (Å²) in [6.07, 6.45) is 2.07. The zero-order chi connectivity index (χ0) is 18.0. The molecule has 0 atom stereocenters. The zero-order valence-corrected chi connectivity index (χ0v) is 15.6. The average Bonchev–Trinajstić information content (AvgIpc) is 2.98. The van der Waals surface area contributed by atoms with Crippen LogP contribution in [-0.4, -0.2) is 59.5 Å². The van der Waals surface area contributed by atoms with Gasteiger partial charge < -0.3 is 14.5 Å². The first-order valence-corrected chi connectivity index (χ1v) is 9.32. The van der Waals surface area contributed by atoms with E-state index < -0.39 is 0 Å². The summed E-state index contributed by atoms with van der Waals surface area (Å²) in [6.45, 7) is 8.76. The van der Waals surface area contributed by atoms with Crippen molar-refractivity contribution >= 4 is 39.2 Å². The molecule has 3 rings (SSSR count). The minimum absolute atomic E-state index is 0.184. The van der Waals surface area contributed by atoms with Crippen LogP contribution < -0.4 is 4.90 Å². The van der Waals surface area contributed by atoms with Gasteiger partial charge in [-0.15, -0.1) is 11.3 Å². The number of aryl methyl sites for hydroxylation is 1. The molecule has 0 radical (unpaired) electrons. The lowest BCUT2D eigenvalue weighted by Crippen LogP contribution is -2.48. The van der Waals surface area contributed by atoms with Crippen molar-refractivity contribution in [3.8, 4) is 0 Å². The van der Waals surface area contributed by atoms with Gasteiger partial charge in [0.2, 0.25) is 5.91 Å². The number of piperazine rings is 1. The molecule has 134 valence electrons. The number of carbonyl (C=O) groups excluding carboxylic acids is 2. The summed E-state index contributed by atoms with van der Waals surface area (Å²) in [7, 11) is 0. The van der Waals surface area contributed by atoms with Gasteiger partial charge in [-0.1, -0.05) is 6.92 Å². The number of amides is 1. The molecule has 1 amide bonds. The lowest BCUT2D eigenvalue weighted by Gasteiger charge is -2.35. The summed E-state index contributed by atoms with van der Waals surface area (Å²) in [4.78, 5) is 38.2. The van der Waals surface area contributed by atoms with Gasteiger partial charge in [-0.05, 0) is 19.4 Å². The van der Waals surface area contributed by atoms with Crippen molar-refractivity contribution in [3.05, 3.63) is 16.8 Å². The van der Waals surface area contributed by atoms with Gasteiger partial charge in [-0.3, -0.25) is 4.79 Å². The third-order valence-electron chi connectivity index (χ3n) is 4.40. The third kappa shape index (κ3) is 3.30. The summed E-state index contributed by atoms with van der Waals surface area (Å²) in [5.74, 6) is 0.703. The number of nitrogens with zero attached hydrogens (tertiary/aromatic N) is 4. The molecule has 0 aliphatic carbocycles. The minimum atomic E-state index is -0.313. The molecule has 0 saturated carbocycles. The van der Waals surface area contributed by atoms with Crippen molar-refractivity contribution < 1.29 is 14.3 Å². The summed E-state index contributed by atoms with van der Waals surface area (Å²) < 4.78 is 5.14. The van der Waals surface area contributed by atoms with E-state index in [-0.39, 0.29) is 11.9 Å². The van der Waals surface area contributed by atoms with Crippen molar-refractivity contribution in [3.63, 3.8) is 0 Å². The maximum Gasteiger partial charge on any atom is 0.348 e. The van der Waals surface area contributed by atoms with E-state index in [9.17, 15) is 9.59 Å². The smallest absolute Gasteiger partial charge is 0.348 e. The summed E-state index contributed by atoms with van der Waals surface area (Å²) in [6, 6.07) is 0. The number of rotatable bonds is 4. The van der Waals surface area contributed by atoms with Crippen molar-refractivity contribution in [1.29, 1.82) is 0 Å². The van der Waals surface area contributed by atoms with Crippen LogP contribution in [0.1, 0.15) is 35.5 Å². The number of hydrogen-bond acceptors (Lipinski definition) is 7. The third-order valence-corrected chi connectivity index (χ3v) is 5.58. The fourth-order valence-corrected chi connectivity index (χ4v) is 4.11. The highest BCUT2D eigenvalue weighted by molar-refractivity contribution is 7.20. The molecule has 2 aromatic heterocycles. The van der Waals surface area contributed by atoms with E-state index in [1.54, 1.807) is 6.92 Å². The van der Waals surface area contributed by atoms with Crippen molar-refractivity contribution in [1.82, 2.24) is 14.9 Å². The molecule has 1 fully saturated rings. The second-order valence-corrected chi connectivity index (χ2v) is 6.87. The van der Waals surface area contributed by atoms with Gasteiger partial charge in [-0.25, -0.2) is 14.8 Å². The van der Waals surface area contributed by atoms with Gasteiger partial charge in [0, 0.05) is 32.6 Å². The Labute approximate surface area is 150 Å². The van der Waals surface area contributed by atoms with Crippen LogP contribution in [0.5, 0.6) is 0 Å². The summed E-state index contributed by atoms with van der Waals surface area (Å²) in [5.41, 5.74) is 0.862. The first-order chi connectivity index (χ1) is 12.1. The Balaban J connectivity index is 1.90. The second-order valence-electron chi connectivity index (χ2n) is 5.88. The van der Waals surface area contributed by atoms with Gasteiger partial charge in [0.15, 0.2) is 0 Å². The van der Waals surface area contributed by atoms with E-state index in [1.165, 1.54) is 17.7 Å². The average molecular weight is 362 g/mol. The highest BCUT2D eigenvalue weighted by atomic mass is 32.1. The molecule has 8 heteroatoms. The largest absolute Gasteiger partial charge is 0.462 e. The predicted octanol–water partition coefficient (Wildman–Crippen LogP) is 2.24. The van der Waals surface area contributed by atoms with Crippen molar-refractivity contribution in [2.24, 2.45) is 0 Å². The molecule has 2 aromatic rings. The van der Waals surface area contributed by atoms with E-state index in [1.807, 2.05) is 18.7 Å². The fraction of sp³-hybridized carbons (Fsp3) is 0.529. The molecule has 0 bridgehead atoms. The molecule has 3 heterocycles. The normalized spacial score (nSPS) is 14.8. The molecule has 1 aliphatic heterocycles. The topological polar surface area (TPSA) is 75.6 Å². The number of carbonyl (C=O) groups is 2. The van der Waals surface area contributed by atoms with Crippen molar-refractivity contribution in [2.75, 3.05) is 37.7 Å². The van der Waals surface area contributed by atoms with Crippen LogP contribution >= 0.6 is 11.3 Å². The quantitative estimate of drug-likeness (QED) is 0.777. The minimum Gasteiger partial charge on any atom is -0.462 e. The Morgan fingerprint density at radius 2 is 1.92 bits per heavy atom. The predicted molar refractivity (Wildman–Crippen MR) is 97.2 cm³/mol. The van der Waals surface area contributed by atoms with E-state index in [0.29, 0.717) is 31.0 Å². The summed E-state index contributed by atoms with van der Waals surface area (Å²) >= 11 is 1.34. The SMILES string of the molecule is CCOC(=O)c1sc2ncnc(N3CCN(C(=O)CC)CC3)c2c1C. The number of anilines is 1. The van der Waals surface area contributed by atoms with Crippen LogP contribution in [0.25, 0.3) is 10.2 Å². The van der Waals surface area contributed by atoms with E-state index in [4.69, 9.17) is 4.74 Å². The Hall–Kier alpha value is -2.22. The summed E-state index contributed by atoms with van der Waals surface area (Å²) in [5, 5.41) is 0.908. The number of fused-ring (bicyclic) bond motifs is 1. The first-order valence-electron chi connectivity index (χ1n) is 8.50. The molecule has 0 N–H and O–H groups in total. The molecule has 0 spiro atoms. The van der Waals surface area contributed by atoms with Gasteiger partial charge in [0.1, 0.15) is 21.9 Å². The van der Waals surface area contributed by atoms with Gasteiger partial charge >= 0.3 is 5.97 Å². The van der Waals surface area contributed by atoms with Crippen LogP contribution in [0.4, 0.5) is 5.82 Å². The Morgan fingerprint density at radius 3 is 2.56 bits per heavy atom. The van der Waals surface area contributed by atoms with Crippen molar-refractivity contribution in [2.45, 2.75) is 27.2 Å². The molecule has 0 unspecified atom stereocenters. The maximum atomic E-state index is 12.2. The highest BCUT2D eigenvalue weighted by Crippen LogP contribution is 2.35. The Kier molecular flexibility index (Phi) is 5.17. The molecular weight excluding hydrogens is 340 g/mol. The molecule has 1 saturated heterocycles. The van der Waals surface area contributed by atoms with Crippen LogP contribution in [0, 0.1) is 6.92 Å². The maximum absolute atomic E-state index is 12.2. The Morgan fingerprint density at radius 1 is 1.20 bits per heavy atom. The van der Waals surface area contributed by atoms with E-state index in [2.05, 4.69) is 14.9 Å². The number of esters is 1. The first kappa shape index (κ1) is 17.6. The van der Waals surface area contributed by atoms with Gasteiger partial charge in [-0.2, -0.15) is 0 Å². The molecular formula is C17H22N4O3S. The van der Waals surface area contributed by atoms with Crippen LogP contribution in [0.2, 0.25) is 0 Å². The number of ether oxygens (including phenoxy) is 1. The second kappa shape index (κ2) is 7.35. The number of aromatic nitrogens is 2. The molecule has 1 aliphatic rings. The van der Waals surface area contributed by atoms with Crippen LogP contribution in [0.15, 0.2) is 6.33 Å². The van der Waals surface area contributed by atoms with E-state index in [0.717, 1.165) is 34.7 Å². The zero-order valence-electron chi connectivity index (χ0n) is 14.7. The van der Waals surface area contributed by atoms with Crippen LogP contribution in [0.3, 0.4) is 0 Å². The lowest BCUT2D eigenvalue weighted by molar-refractivity contribution is -0.131. The standard InChI is InChI=1S/C17H22N4O3S/c1-4-12(22)20-6-8-21(9-7-20)15-13-11(3)14(17(23)24-5-2)25-16(13)19-10-18-15/h10H,4-9H2,1-3H3. The lowest BCUT2D eigenvalue weighted by atomic mass is 10.2. The fourth-order valence-electron chi connectivity index (χ4n) is 3.08. The van der Waals surface area contributed by atoms with Gasteiger partial charge in [0.05, 0.1) is 12.0 Å². The number of hydrogen-bond donors (Lipinski definition) is 0. The van der Waals surface area contributed by atoms with E-state index >= 15 is 0 Å². The van der Waals surface area contributed by atoms with Gasteiger partial charge in [0.25, 0.3) is 0 Å². The molecule has 25 heavy (non-hydrogen) atoms. The Bertz CT molecular complexity index is 797. The monoisotopic (exact) mass is 362 g/mol.